The normalized spacial score (nSPS) is 15.4. The van der Waals surface area contributed by atoms with E-state index in [1.165, 1.54) is 16.9 Å². The summed E-state index contributed by atoms with van der Waals surface area (Å²) in [6, 6.07) is 9.00. The molecule has 1 aliphatic heterocycles. The Kier molecular flexibility index (Phi) is 8.07. The number of anilines is 1. The Morgan fingerprint density at radius 2 is 2.06 bits per heavy atom. The molecule has 1 aromatic carbocycles. The molecule has 10 nitrogen and oxygen atoms in total. The number of hydrogen-bond donors (Lipinski definition) is 2. The van der Waals surface area contributed by atoms with E-state index in [2.05, 4.69) is 15.5 Å². The molecule has 1 aliphatic rings. The first-order valence-corrected chi connectivity index (χ1v) is 12.2. The van der Waals surface area contributed by atoms with E-state index >= 15 is 0 Å². The molecule has 1 amide bonds. The number of nitrogens with zero attached hydrogens (tertiary/aromatic N) is 4. The van der Waals surface area contributed by atoms with Gasteiger partial charge in [0.1, 0.15) is 11.8 Å². The molecule has 4 rings (SSSR count). The molecule has 0 spiro atoms. The lowest BCUT2D eigenvalue weighted by Crippen LogP contribution is -2.36. The number of halogens is 1. The first kappa shape index (κ1) is 25.9. The van der Waals surface area contributed by atoms with Crippen LogP contribution in [0.2, 0.25) is 5.02 Å². The third kappa shape index (κ3) is 6.93. The summed E-state index contributed by atoms with van der Waals surface area (Å²) in [5.74, 6) is 0.753. The quantitative estimate of drug-likeness (QED) is 0.446. The minimum absolute atomic E-state index is 0.204. The predicted molar refractivity (Wildman–Crippen MR) is 134 cm³/mol. The second-order valence-electron chi connectivity index (χ2n) is 9.51. The number of aliphatic hydroxyl groups is 1. The average Bonchev–Trinajstić information content (AvgIpc) is 3.25. The summed E-state index contributed by atoms with van der Waals surface area (Å²) in [6.07, 6.45) is 5.09. The lowest BCUT2D eigenvalue weighted by Gasteiger charge is -2.26. The number of rotatable bonds is 9. The van der Waals surface area contributed by atoms with Gasteiger partial charge in [0.25, 0.3) is 11.5 Å². The predicted octanol–water partition coefficient (Wildman–Crippen LogP) is 3.65. The highest BCUT2D eigenvalue weighted by Gasteiger charge is 2.29. The number of nitrogens with one attached hydrogen (secondary N) is 1. The Morgan fingerprint density at radius 1 is 1.31 bits per heavy atom. The second-order valence-corrected chi connectivity index (χ2v) is 9.92. The summed E-state index contributed by atoms with van der Waals surface area (Å²) in [4.78, 5) is 26.4. The first-order chi connectivity index (χ1) is 17.2. The van der Waals surface area contributed by atoms with Crippen LogP contribution < -0.4 is 15.6 Å². The van der Waals surface area contributed by atoms with E-state index in [4.69, 9.17) is 21.1 Å². The molecule has 0 saturated carbocycles. The zero-order chi connectivity index (χ0) is 25.7. The van der Waals surface area contributed by atoms with Crippen LogP contribution in [0.1, 0.15) is 39.2 Å². The van der Waals surface area contributed by atoms with Crippen molar-refractivity contribution in [1.29, 1.82) is 0 Å². The number of aromatic nitrogens is 4. The van der Waals surface area contributed by atoms with Gasteiger partial charge in [0.05, 0.1) is 23.4 Å². The van der Waals surface area contributed by atoms with Crippen LogP contribution in [-0.2, 0) is 16.1 Å². The van der Waals surface area contributed by atoms with Gasteiger partial charge < -0.3 is 19.9 Å². The third-order valence-electron chi connectivity index (χ3n) is 5.80. The highest BCUT2D eigenvalue weighted by Crippen LogP contribution is 2.29. The van der Waals surface area contributed by atoms with Crippen molar-refractivity contribution in [2.45, 2.75) is 51.3 Å². The Labute approximate surface area is 213 Å². The Morgan fingerprint density at radius 3 is 2.75 bits per heavy atom. The molecule has 2 aromatic heterocycles. The molecule has 36 heavy (non-hydrogen) atoms. The number of hydrogen-bond acceptors (Lipinski definition) is 7. The van der Waals surface area contributed by atoms with E-state index in [-0.39, 0.29) is 18.2 Å². The van der Waals surface area contributed by atoms with Crippen LogP contribution >= 0.6 is 11.6 Å². The molecule has 11 heteroatoms. The molecule has 1 atom stereocenters. The maximum atomic E-state index is 13.4. The maximum absolute atomic E-state index is 13.4. The van der Waals surface area contributed by atoms with Gasteiger partial charge in [-0.3, -0.25) is 14.3 Å². The third-order valence-corrected chi connectivity index (χ3v) is 6.11. The minimum atomic E-state index is -0.954. The van der Waals surface area contributed by atoms with E-state index in [0.717, 1.165) is 12.8 Å². The van der Waals surface area contributed by atoms with Crippen LogP contribution in [0.15, 0.2) is 53.6 Å². The molecule has 1 fully saturated rings. The van der Waals surface area contributed by atoms with E-state index in [9.17, 15) is 14.7 Å². The summed E-state index contributed by atoms with van der Waals surface area (Å²) in [5.41, 5.74) is -1.43. The van der Waals surface area contributed by atoms with Gasteiger partial charge in [-0.2, -0.15) is 10.2 Å². The SMILES string of the molecule is CC(C)(O)Cn1ccc(NC(=O)[C@H](CC2CCOCC2)n2ncc(Oc3ccccc3Cl)cc2=O)n1. The molecule has 0 unspecified atom stereocenters. The van der Waals surface area contributed by atoms with Crippen LogP contribution in [0.5, 0.6) is 11.5 Å². The van der Waals surface area contributed by atoms with Gasteiger partial charge in [-0.25, -0.2) is 4.68 Å². The van der Waals surface area contributed by atoms with Crippen LogP contribution in [0.3, 0.4) is 0 Å². The van der Waals surface area contributed by atoms with E-state index in [1.54, 1.807) is 55.1 Å². The van der Waals surface area contributed by atoms with Crippen molar-refractivity contribution in [2.75, 3.05) is 18.5 Å². The van der Waals surface area contributed by atoms with Crippen molar-refractivity contribution in [2.24, 2.45) is 5.92 Å². The number of para-hydroxylation sites is 1. The number of amides is 1. The molecule has 192 valence electrons. The van der Waals surface area contributed by atoms with Gasteiger partial charge >= 0.3 is 0 Å². The summed E-state index contributed by atoms with van der Waals surface area (Å²) < 4.78 is 13.9. The molecule has 0 bridgehead atoms. The Balaban J connectivity index is 1.55. The van der Waals surface area contributed by atoms with Crippen molar-refractivity contribution in [3.05, 3.63) is 64.2 Å². The standard InChI is InChI=1S/C25H30ClN5O5/c1-25(2,34)16-30-10-7-22(29-30)28-24(33)20(13-17-8-11-35-12-9-17)31-23(32)14-18(15-27-31)36-21-6-4-3-5-19(21)26/h3-7,10,14-15,17,20,34H,8-9,11-13,16H2,1-2H3,(H,28,29,33)/t20-/m0/s1. The van der Waals surface area contributed by atoms with Crippen molar-refractivity contribution in [3.8, 4) is 11.5 Å². The Bertz CT molecular complexity index is 1250. The summed E-state index contributed by atoms with van der Waals surface area (Å²) >= 11 is 6.15. The van der Waals surface area contributed by atoms with Crippen LogP contribution in [0.25, 0.3) is 0 Å². The van der Waals surface area contributed by atoms with Gasteiger partial charge in [-0.15, -0.1) is 0 Å². The summed E-state index contributed by atoms with van der Waals surface area (Å²) in [6.45, 7) is 4.85. The summed E-state index contributed by atoms with van der Waals surface area (Å²) in [7, 11) is 0. The molecule has 0 radical (unpaired) electrons. The van der Waals surface area contributed by atoms with Crippen LogP contribution in [-0.4, -0.2) is 49.4 Å². The largest absolute Gasteiger partial charge is 0.454 e. The highest BCUT2D eigenvalue weighted by molar-refractivity contribution is 6.32. The molecular weight excluding hydrogens is 486 g/mol. The summed E-state index contributed by atoms with van der Waals surface area (Å²) in [5, 5.41) is 21.8. The van der Waals surface area contributed by atoms with Crippen molar-refractivity contribution < 1.29 is 19.4 Å². The molecule has 3 heterocycles. The van der Waals surface area contributed by atoms with Gasteiger partial charge in [0, 0.05) is 31.5 Å². The van der Waals surface area contributed by atoms with E-state index in [0.29, 0.717) is 36.2 Å². The fourth-order valence-electron chi connectivity index (χ4n) is 4.08. The zero-order valence-corrected chi connectivity index (χ0v) is 21.0. The number of carbonyl (C=O) groups is 1. The number of benzene rings is 1. The lowest BCUT2D eigenvalue weighted by atomic mass is 9.92. The zero-order valence-electron chi connectivity index (χ0n) is 20.3. The van der Waals surface area contributed by atoms with Crippen molar-refractivity contribution in [1.82, 2.24) is 19.6 Å². The fourth-order valence-corrected chi connectivity index (χ4v) is 4.26. The Hall–Kier alpha value is -3.21. The maximum Gasteiger partial charge on any atom is 0.271 e. The van der Waals surface area contributed by atoms with Gasteiger partial charge in [0.2, 0.25) is 0 Å². The number of carbonyl (C=O) groups excluding carboxylic acids is 1. The molecule has 3 aromatic rings. The van der Waals surface area contributed by atoms with Crippen LogP contribution in [0.4, 0.5) is 5.82 Å². The van der Waals surface area contributed by atoms with Crippen LogP contribution in [0, 0.1) is 5.92 Å². The molecule has 0 aliphatic carbocycles. The van der Waals surface area contributed by atoms with Gasteiger partial charge in [-0.1, -0.05) is 23.7 Å². The van der Waals surface area contributed by atoms with E-state index < -0.39 is 23.1 Å². The molecular formula is C25H30ClN5O5. The highest BCUT2D eigenvalue weighted by atomic mass is 35.5. The minimum Gasteiger partial charge on any atom is -0.454 e. The molecule has 1 saturated heterocycles. The monoisotopic (exact) mass is 515 g/mol. The number of ether oxygens (including phenoxy) is 2. The topological polar surface area (TPSA) is 120 Å². The average molecular weight is 516 g/mol. The smallest absolute Gasteiger partial charge is 0.271 e. The fraction of sp³-hybridized carbons (Fsp3) is 0.440. The van der Waals surface area contributed by atoms with E-state index in [1.807, 2.05) is 0 Å². The second kappa shape index (κ2) is 11.2. The van der Waals surface area contributed by atoms with Crippen molar-refractivity contribution in [3.63, 3.8) is 0 Å². The first-order valence-electron chi connectivity index (χ1n) is 11.8. The lowest BCUT2D eigenvalue weighted by molar-refractivity contribution is -0.120. The van der Waals surface area contributed by atoms with Gasteiger partial charge in [0.15, 0.2) is 11.6 Å². The van der Waals surface area contributed by atoms with Gasteiger partial charge in [-0.05, 0) is 51.2 Å². The molecule has 2 N–H and O–H groups in total. The van der Waals surface area contributed by atoms with Crippen molar-refractivity contribution >= 4 is 23.3 Å².